The summed E-state index contributed by atoms with van der Waals surface area (Å²) in [5.74, 6) is -0.209. The number of carbonyl (C=O) groups is 2. The summed E-state index contributed by atoms with van der Waals surface area (Å²) in [5, 5.41) is 2.71. The molecule has 1 aromatic heterocycles. The van der Waals surface area contributed by atoms with E-state index >= 15 is 0 Å². The first-order valence-corrected chi connectivity index (χ1v) is 13.8. The summed E-state index contributed by atoms with van der Waals surface area (Å²) < 4.78 is 20.6. The molecule has 0 radical (unpaired) electrons. The molecular formula is C29H32ClFN2O3S. The van der Waals surface area contributed by atoms with Crippen LogP contribution in [0.5, 0.6) is 5.75 Å². The normalized spacial score (nSPS) is 15.0. The largest absolute Gasteiger partial charge is 0.491 e. The molecule has 1 aliphatic rings. The van der Waals surface area contributed by atoms with Crippen molar-refractivity contribution in [2.45, 2.75) is 39.7 Å². The molecule has 2 aromatic carbocycles. The van der Waals surface area contributed by atoms with Crippen LogP contribution in [0.15, 0.2) is 53.9 Å². The van der Waals surface area contributed by atoms with Crippen LogP contribution in [0.3, 0.4) is 0 Å². The average molecular weight is 543 g/mol. The van der Waals surface area contributed by atoms with Gasteiger partial charge in [-0.15, -0.1) is 11.3 Å². The molecule has 1 atom stereocenters. The lowest BCUT2D eigenvalue weighted by Gasteiger charge is -2.37. The van der Waals surface area contributed by atoms with Crippen molar-refractivity contribution in [3.63, 3.8) is 0 Å². The second kappa shape index (κ2) is 12.1. The Bertz CT molecular complexity index is 1260. The highest BCUT2D eigenvalue weighted by Gasteiger charge is 2.34. The van der Waals surface area contributed by atoms with Crippen LogP contribution >= 0.6 is 22.9 Å². The number of hydrogen-bond donors (Lipinski definition) is 0. The van der Waals surface area contributed by atoms with Crippen LogP contribution in [-0.2, 0) is 11.2 Å². The zero-order valence-corrected chi connectivity index (χ0v) is 22.9. The van der Waals surface area contributed by atoms with E-state index in [4.69, 9.17) is 16.3 Å². The van der Waals surface area contributed by atoms with Crippen LogP contribution < -0.4 is 4.74 Å². The number of thiophene rings is 1. The van der Waals surface area contributed by atoms with E-state index in [2.05, 4.69) is 13.8 Å². The fraction of sp³-hybridized carbons (Fsp3) is 0.379. The van der Waals surface area contributed by atoms with Crippen molar-refractivity contribution in [1.29, 1.82) is 0 Å². The Morgan fingerprint density at radius 2 is 2.00 bits per heavy atom. The van der Waals surface area contributed by atoms with Crippen molar-refractivity contribution in [2.75, 3.05) is 26.2 Å². The number of carbonyl (C=O) groups excluding carboxylic acids is 2. The van der Waals surface area contributed by atoms with Crippen LogP contribution in [0.4, 0.5) is 4.39 Å². The molecule has 3 aromatic rings. The molecule has 0 saturated carbocycles. The number of benzene rings is 2. The first-order valence-electron chi connectivity index (χ1n) is 12.5. The number of nitrogens with zero attached hydrogens (tertiary/aromatic N) is 2. The van der Waals surface area contributed by atoms with Gasteiger partial charge in [0.2, 0.25) is 5.91 Å². The summed E-state index contributed by atoms with van der Waals surface area (Å²) in [5.41, 5.74) is 1.97. The van der Waals surface area contributed by atoms with Gasteiger partial charge in [-0.3, -0.25) is 9.59 Å². The molecule has 0 aliphatic carbocycles. The lowest BCUT2D eigenvalue weighted by molar-refractivity contribution is -0.135. The summed E-state index contributed by atoms with van der Waals surface area (Å²) in [6, 6.07) is 13.2. The molecule has 0 unspecified atom stereocenters. The smallest absolute Gasteiger partial charge is 0.257 e. The fourth-order valence-electron chi connectivity index (χ4n) is 4.48. The molecular weight excluding hydrogens is 511 g/mol. The van der Waals surface area contributed by atoms with Crippen molar-refractivity contribution in [2.24, 2.45) is 5.92 Å². The SMILES string of the molecule is Cc1cc(OC[C@@H]2c3ccsc3CCN2C(=O)CN(CCC(C)C)C(=O)c2ccccc2F)ccc1Cl. The number of rotatable bonds is 9. The maximum Gasteiger partial charge on any atom is 0.257 e. The molecule has 37 heavy (non-hydrogen) atoms. The van der Waals surface area contributed by atoms with Crippen molar-refractivity contribution >= 4 is 34.8 Å². The Kier molecular flexibility index (Phi) is 8.87. The monoisotopic (exact) mass is 542 g/mol. The standard InChI is InChI=1S/C29H32ClFN2O3S/c1-19(2)10-13-32(29(35)22-6-4-5-7-25(22)31)17-28(34)33-14-11-27-23(12-15-37-27)26(33)18-36-21-8-9-24(30)20(3)16-21/h4-9,12,15-16,19,26H,10-11,13-14,17-18H2,1-3H3/t26-/m1/s1. The molecule has 196 valence electrons. The molecule has 8 heteroatoms. The maximum atomic E-state index is 14.4. The van der Waals surface area contributed by atoms with Crippen LogP contribution in [0.1, 0.15) is 52.7 Å². The maximum absolute atomic E-state index is 14.4. The average Bonchev–Trinajstić information content (AvgIpc) is 3.36. The minimum atomic E-state index is -0.583. The number of aryl methyl sites for hydroxylation is 1. The molecule has 0 bridgehead atoms. The Morgan fingerprint density at radius 3 is 2.73 bits per heavy atom. The third-order valence-electron chi connectivity index (χ3n) is 6.65. The third-order valence-corrected chi connectivity index (χ3v) is 8.07. The van der Waals surface area contributed by atoms with E-state index in [1.54, 1.807) is 34.4 Å². The zero-order chi connectivity index (χ0) is 26.5. The topological polar surface area (TPSA) is 49.9 Å². The number of amides is 2. The molecule has 0 fully saturated rings. The van der Waals surface area contributed by atoms with Crippen LogP contribution in [0, 0.1) is 18.7 Å². The number of ether oxygens (including phenoxy) is 1. The van der Waals surface area contributed by atoms with Gasteiger partial charge in [-0.05, 0) is 78.6 Å². The summed E-state index contributed by atoms with van der Waals surface area (Å²) in [6.07, 6.45) is 1.47. The molecule has 5 nitrogen and oxygen atoms in total. The molecule has 4 rings (SSSR count). The molecule has 0 saturated heterocycles. The van der Waals surface area contributed by atoms with Crippen LogP contribution in [-0.4, -0.2) is 47.9 Å². The van der Waals surface area contributed by atoms with E-state index in [0.29, 0.717) is 36.2 Å². The zero-order valence-electron chi connectivity index (χ0n) is 21.4. The van der Waals surface area contributed by atoms with Gasteiger partial charge < -0.3 is 14.5 Å². The first kappa shape index (κ1) is 27.1. The second-order valence-corrected chi connectivity index (χ2v) is 11.2. The van der Waals surface area contributed by atoms with Gasteiger partial charge in [0.1, 0.15) is 24.7 Å². The van der Waals surface area contributed by atoms with E-state index in [1.807, 2.05) is 30.5 Å². The van der Waals surface area contributed by atoms with Crippen LogP contribution in [0.25, 0.3) is 0 Å². The van der Waals surface area contributed by atoms with Crippen molar-refractivity contribution in [3.8, 4) is 5.75 Å². The summed E-state index contributed by atoms with van der Waals surface area (Å²) >= 11 is 7.84. The number of fused-ring (bicyclic) bond motifs is 1. The second-order valence-electron chi connectivity index (χ2n) is 9.76. The van der Waals surface area contributed by atoms with Gasteiger partial charge in [-0.2, -0.15) is 0 Å². The van der Waals surface area contributed by atoms with E-state index in [9.17, 15) is 14.0 Å². The summed E-state index contributed by atoms with van der Waals surface area (Å²) in [7, 11) is 0. The van der Waals surface area contributed by atoms with Gasteiger partial charge in [0, 0.05) is 23.0 Å². The summed E-state index contributed by atoms with van der Waals surface area (Å²) in [6.45, 7) is 7.11. The highest BCUT2D eigenvalue weighted by atomic mass is 35.5. The molecule has 2 amide bonds. The lowest BCUT2D eigenvalue weighted by Crippen LogP contribution is -2.48. The predicted molar refractivity (Wildman–Crippen MR) is 146 cm³/mol. The quantitative estimate of drug-likeness (QED) is 0.308. The molecule has 0 N–H and O–H groups in total. The van der Waals surface area contributed by atoms with Gasteiger partial charge >= 0.3 is 0 Å². The molecule has 2 heterocycles. The molecule has 1 aliphatic heterocycles. The van der Waals surface area contributed by atoms with Crippen molar-refractivity contribution < 1.29 is 18.7 Å². The van der Waals surface area contributed by atoms with E-state index in [-0.39, 0.29) is 30.7 Å². The highest BCUT2D eigenvalue weighted by molar-refractivity contribution is 7.10. The van der Waals surface area contributed by atoms with E-state index < -0.39 is 11.7 Å². The third kappa shape index (κ3) is 6.51. The molecule has 0 spiro atoms. The van der Waals surface area contributed by atoms with Gasteiger partial charge in [-0.1, -0.05) is 37.6 Å². The van der Waals surface area contributed by atoms with E-state index in [0.717, 1.165) is 17.5 Å². The summed E-state index contributed by atoms with van der Waals surface area (Å²) in [4.78, 5) is 31.5. The number of halogens is 2. The highest BCUT2D eigenvalue weighted by Crippen LogP contribution is 2.34. The Balaban J connectivity index is 1.54. The van der Waals surface area contributed by atoms with Gasteiger partial charge in [0.15, 0.2) is 0 Å². The lowest BCUT2D eigenvalue weighted by atomic mass is 10.00. The minimum Gasteiger partial charge on any atom is -0.491 e. The first-order chi connectivity index (χ1) is 17.7. The fourth-order valence-corrected chi connectivity index (χ4v) is 5.53. The van der Waals surface area contributed by atoms with Crippen molar-refractivity contribution in [1.82, 2.24) is 9.80 Å². The van der Waals surface area contributed by atoms with Gasteiger partial charge in [-0.25, -0.2) is 4.39 Å². The van der Waals surface area contributed by atoms with Crippen LogP contribution in [0.2, 0.25) is 5.02 Å². The number of hydrogen-bond acceptors (Lipinski definition) is 4. The minimum absolute atomic E-state index is 0.0178. The van der Waals surface area contributed by atoms with Gasteiger partial charge in [0.25, 0.3) is 5.91 Å². The Hall–Kier alpha value is -2.90. The van der Waals surface area contributed by atoms with Crippen molar-refractivity contribution in [3.05, 3.63) is 86.3 Å². The Labute approximate surface area is 226 Å². The predicted octanol–water partition coefficient (Wildman–Crippen LogP) is 6.54. The Morgan fingerprint density at radius 1 is 1.22 bits per heavy atom. The van der Waals surface area contributed by atoms with Gasteiger partial charge in [0.05, 0.1) is 11.6 Å². The van der Waals surface area contributed by atoms with E-state index in [1.165, 1.54) is 21.9 Å².